The molecule has 0 saturated carbocycles. The van der Waals surface area contributed by atoms with Crippen molar-refractivity contribution in [3.05, 3.63) is 30.1 Å². The number of imidazole rings is 1. The van der Waals surface area contributed by atoms with E-state index in [9.17, 15) is 4.79 Å². The number of nitrogens with zero attached hydrogens (tertiary/aromatic N) is 2. The Hall–Kier alpha value is -1.88. The maximum Gasteiger partial charge on any atom is 0.225 e. The number of para-hydroxylation sites is 2. The second-order valence-corrected chi connectivity index (χ2v) is 5.18. The maximum atomic E-state index is 11.9. The van der Waals surface area contributed by atoms with Crippen molar-refractivity contribution in [2.45, 2.75) is 12.8 Å². The lowest BCUT2D eigenvalue weighted by molar-refractivity contribution is -0.124. The number of aryl methyl sites for hydroxylation is 1. The molecular weight excluding hydrogens is 254 g/mol. The molecule has 1 aliphatic heterocycles. The molecular formula is C15H19N3O2. The van der Waals surface area contributed by atoms with E-state index in [1.165, 1.54) is 0 Å². The van der Waals surface area contributed by atoms with E-state index < -0.39 is 0 Å². The molecule has 2 aromatic rings. The lowest BCUT2D eigenvalue weighted by Crippen LogP contribution is -2.32. The highest BCUT2D eigenvalue weighted by atomic mass is 16.5. The molecule has 0 spiro atoms. The van der Waals surface area contributed by atoms with Gasteiger partial charge in [0.2, 0.25) is 5.91 Å². The Bertz CT molecular complexity index is 615. The summed E-state index contributed by atoms with van der Waals surface area (Å²) >= 11 is 0. The molecule has 5 heteroatoms. The van der Waals surface area contributed by atoms with Gasteiger partial charge in [-0.2, -0.15) is 0 Å². The van der Waals surface area contributed by atoms with E-state index in [4.69, 9.17) is 4.74 Å². The van der Waals surface area contributed by atoms with Crippen LogP contribution in [0.3, 0.4) is 0 Å². The van der Waals surface area contributed by atoms with Gasteiger partial charge in [-0.25, -0.2) is 4.98 Å². The van der Waals surface area contributed by atoms with Gasteiger partial charge in [0.15, 0.2) is 0 Å². The zero-order valence-corrected chi connectivity index (χ0v) is 11.6. The van der Waals surface area contributed by atoms with Gasteiger partial charge in [0.25, 0.3) is 0 Å². The molecule has 5 nitrogen and oxygen atoms in total. The topological polar surface area (TPSA) is 56.2 Å². The van der Waals surface area contributed by atoms with Crippen LogP contribution < -0.4 is 5.32 Å². The average molecular weight is 273 g/mol. The van der Waals surface area contributed by atoms with Crippen molar-refractivity contribution in [3.63, 3.8) is 0 Å². The first-order chi connectivity index (χ1) is 9.75. The number of amides is 1. The molecule has 3 rings (SSSR count). The molecule has 1 saturated heterocycles. The minimum Gasteiger partial charge on any atom is -0.381 e. The molecule has 0 radical (unpaired) electrons. The molecule has 1 aromatic carbocycles. The Labute approximate surface area is 117 Å². The third-order valence-electron chi connectivity index (χ3n) is 3.83. The van der Waals surface area contributed by atoms with Gasteiger partial charge in [0.05, 0.1) is 23.6 Å². The highest BCUT2D eigenvalue weighted by Gasteiger charge is 2.22. The fraction of sp³-hybridized carbons (Fsp3) is 0.467. The van der Waals surface area contributed by atoms with Crippen molar-refractivity contribution in [2.75, 3.05) is 19.8 Å². The Morgan fingerprint density at radius 1 is 1.50 bits per heavy atom. The van der Waals surface area contributed by atoms with E-state index in [1.54, 1.807) is 0 Å². The quantitative estimate of drug-likeness (QED) is 0.912. The number of benzene rings is 1. The highest BCUT2D eigenvalue weighted by molar-refractivity contribution is 5.79. The second kappa shape index (κ2) is 5.63. The van der Waals surface area contributed by atoms with E-state index in [0.717, 1.165) is 29.7 Å². The standard InChI is InChI=1S/C15H19N3O2/c1-18-13-5-3-2-4-12(13)17-14(18)6-8-16-15(19)11-7-9-20-10-11/h2-5,11H,6-10H2,1H3,(H,16,19)/t11-/m1/s1. The molecule has 1 aliphatic rings. The van der Waals surface area contributed by atoms with Gasteiger partial charge >= 0.3 is 0 Å². The van der Waals surface area contributed by atoms with E-state index >= 15 is 0 Å². The summed E-state index contributed by atoms with van der Waals surface area (Å²) in [6.07, 6.45) is 1.57. The van der Waals surface area contributed by atoms with Gasteiger partial charge in [0.1, 0.15) is 5.82 Å². The summed E-state index contributed by atoms with van der Waals surface area (Å²) in [5, 5.41) is 2.97. The van der Waals surface area contributed by atoms with Crippen molar-refractivity contribution in [2.24, 2.45) is 13.0 Å². The minimum atomic E-state index is 0.0236. The number of hydrogen-bond acceptors (Lipinski definition) is 3. The number of ether oxygens (including phenoxy) is 1. The SMILES string of the molecule is Cn1c(CCNC(=O)[C@@H]2CCOC2)nc2ccccc21. The smallest absolute Gasteiger partial charge is 0.225 e. The summed E-state index contributed by atoms with van der Waals surface area (Å²) < 4.78 is 7.31. The van der Waals surface area contributed by atoms with Gasteiger partial charge in [-0.1, -0.05) is 12.1 Å². The number of hydrogen-bond donors (Lipinski definition) is 1. The van der Waals surface area contributed by atoms with E-state index in [1.807, 2.05) is 25.2 Å². The molecule has 106 valence electrons. The Kier molecular flexibility index (Phi) is 3.69. The van der Waals surface area contributed by atoms with Gasteiger partial charge < -0.3 is 14.6 Å². The summed E-state index contributed by atoms with van der Waals surface area (Å²) in [7, 11) is 2.01. The van der Waals surface area contributed by atoms with Crippen LogP contribution in [0.4, 0.5) is 0 Å². The molecule has 0 bridgehead atoms. The van der Waals surface area contributed by atoms with Crippen LogP contribution in [0.2, 0.25) is 0 Å². The van der Waals surface area contributed by atoms with Gasteiger partial charge in [0, 0.05) is 26.6 Å². The summed E-state index contributed by atoms with van der Waals surface area (Å²) in [6, 6.07) is 8.06. The zero-order chi connectivity index (χ0) is 13.9. The number of rotatable bonds is 4. The Balaban J connectivity index is 1.59. The first-order valence-corrected chi connectivity index (χ1v) is 7.01. The third-order valence-corrected chi connectivity index (χ3v) is 3.83. The summed E-state index contributed by atoms with van der Waals surface area (Å²) in [4.78, 5) is 16.5. The summed E-state index contributed by atoms with van der Waals surface area (Å²) in [6.45, 7) is 1.87. The maximum absolute atomic E-state index is 11.9. The Morgan fingerprint density at radius 3 is 3.10 bits per heavy atom. The molecule has 1 fully saturated rings. The fourth-order valence-electron chi connectivity index (χ4n) is 2.60. The Morgan fingerprint density at radius 2 is 2.35 bits per heavy atom. The van der Waals surface area contributed by atoms with Crippen molar-refractivity contribution >= 4 is 16.9 Å². The van der Waals surface area contributed by atoms with Crippen molar-refractivity contribution in [1.82, 2.24) is 14.9 Å². The van der Waals surface area contributed by atoms with Crippen LogP contribution in [-0.2, 0) is 23.0 Å². The van der Waals surface area contributed by atoms with E-state index in [2.05, 4.69) is 20.9 Å². The van der Waals surface area contributed by atoms with Gasteiger partial charge in [-0.3, -0.25) is 4.79 Å². The first kappa shape index (κ1) is 13.1. The predicted octanol–water partition coefficient (Wildman–Crippen LogP) is 1.27. The van der Waals surface area contributed by atoms with Crippen LogP contribution in [0.5, 0.6) is 0 Å². The largest absolute Gasteiger partial charge is 0.381 e. The van der Waals surface area contributed by atoms with Crippen molar-refractivity contribution in [1.29, 1.82) is 0 Å². The van der Waals surface area contributed by atoms with Gasteiger partial charge in [-0.15, -0.1) is 0 Å². The van der Waals surface area contributed by atoms with E-state index in [0.29, 0.717) is 19.8 Å². The predicted molar refractivity (Wildman–Crippen MR) is 76.4 cm³/mol. The normalized spacial score (nSPS) is 18.6. The molecule has 1 atom stereocenters. The monoisotopic (exact) mass is 273 g/mol. The molecule has 0 unspecified atom stereocenters. The molecule has 1 N–H and O–H groups in total. The molecule has 2 heterocycles. The molecule has 20 heavy (non-hydrogen) atoms. The van der Waals surface area contributed by atoms with Crippen LogP contribution in [-0.4, -0.2) is 35.2 Å². The van der Waals surface area contributed by atoms with Crippen molar-refractivity contribution in [3.8, 4) is 0 Å². The zero-order valence-electron chi connectivity index (χ0n) is 11.6. The molecule has 1 aromatic heterocycles. The highest BCUT2D eigenvalue weighted by Crippen LogP contribution is 2.15. The van der Waals surface area contributed by atoms with Crippen LogP contribution in [0.1, 0.15) is 12.2 Å². The summed E-state index contributed by atoms with van der Waals surface area (Å²) in [5.74, 6) is 1.12. The van der Waals surface area contributed by atoms with Gasteiger partial charge in [-0.05, 0) is 18.6 Å². The molecule has 1 amide bonds. The number of carbonyl (C=O) groups is 1. The average Bonchev–Trinajstić information content (AvgIpc) is 3.09. The summed E-state index contributed by atoms with van der Waals surface area (Å²) in [5.41, 5.74) is 2.12. The minimum absolute atomic E-state index is 0.0236. The fourth-order valence-corrected chi connectivity index (χ4v) is 2.60. The van der Waals surface area contributed by atoms with Crippen LogP contribution >= 0.6 is 0 Å². The number of aromatic nitrogens is 2. The van der Waals surface area contributed by atoms with Crippen LogP contribution in [0.25, 0.3) is 11.0 Å². The molecule has 0 aliphatic carbocycles. The van der Waals surface area contributed by atoms with Crippen molar-refractivity contribution < 1.29 is 9.53 Å². The first-order valence-electron chi connectivity index (χ1n) is 7.01. The van der Waals surface area contributed by atoms with Crippen LogP contribution in [0, 0.1) is 5.92 Å². The lowest BCUT2D eigenvalue weighted by Gasteiger charge is -2.09. The number of nitrogens with one attached hydrogen (secondary N) is 1. The second-order valence-electron chi connectivity index (χ2n) is 5.18. The number of carbonyl (C=O) groups excluding carboxylic acids is 1. The van der Waals surface area contributed by atoms with Crippen LogP contribution in [0.15, 0.2) is 24.3 Å². The number of fused-ring (bicyclic) bond motifs is 1. The third kappa shape index (κ3) is 2.54. The van der Waals surface area contributed by atoms with E-state index in [-0.39, 0.29) is 11.8 Å². The lowest BCUT2D eigenvalue weighted by atomic mass is 10.1.